The molecule has 0 bridgehead atoms. The number of hydrogen-bond acceptors (Lipinski definition) is 2. The van der Waals surface area contributed by atoms with Gasteiger partial charge in [-0.25, -0.2) is 0 Å². The number of rotatable bonds is 3. The fourth-order valence-electron chi connectivity index (χ4n) is 2.45. The van der Waals surface area contributed by atoms with Crippen LogP contribution in [-0.2, 0) is 0 Å². The van der Waals surface area contributed by atoms with E-state index in [4.69, 9.17) is 4.42 Å². The van der Waals surface area contributed by atoms with Crippen LogP contribution in [0.15, 0.2) is 16.7 Å². The molecule has 1 aromatic heterocycles. The van der Waals surface area contributed by atoms with E-state index >= 15 is 0 Å². The Balaban J connectivity index is 2.08. The largest absolute Gasteiger partial charge is 0.469 e. The van der Waals surface area contributed by atoms with Gasteiger partial charge in [0, 0.05) is 5.33 Å². The predicted molar refractivity (Wildman–Crippen MR) is 70.5 cm³/mol. The zero-order chi connectivity index (χ0) is 12.3. The highest BCUT2D eigenvalue weighted by Gasteiger charge is 2.33. The second kappa shape index (κ2) is 5.25. The second-order valence-corrected chi connectivity index (χ2v) is 5.38. The van der Waals surface area contributed by atoms with Crippen LogP contribution in [0, 0.1) is 6.92 Å². The molecule has 1 aliphatic rings. The van der Waals surface area contributed by atoms with E-state index in [-0.39, 0.29) is 11.4 Å². The van der Waals surface area contributed by atoms with Crippen molar-refractivity contribution in [2.75, 3.05) is 5.33 Å². The van der Waals surface area contributed by atoms with Gasteiger partial charge in [-0.15, -0.1) is 0 Å². The van der Waals surface area contributed by atoms with Gasteiger partial charge in [0.05, 0.1) is 17.4 Å². The predicted octanol–water partition coefficient (Wildman–Crippen LogP) is 3.42. The average molecular weight is 300 g/mol. The standard InChI is InChI=1S/C13H18BrNO2/c1-10-11(5-8-17-10)12(16)15-13(9-14)6-3-2-4-7-13/h5,8H,2-4,6-7,9H2,1H3,(H,15,16). The van der Waals surface area contributed by atoms with Crippen LogP contribution in [0.25, 0.3) is 0 Å². The first-order chi connectivity index (χ1) is 8.17. The molecule has 1 amide bonds. The third-order valence-corrected chi connectivity index (χ3v) is 4.62. The number of aryl methyl sites for hydroxylation is 1. The third kappa shape index (κ3) is 2.73. The van der Waals surface area contributed by atoms with Crippen LogP contribution < -0.4 is 5.32 Å². The molecule has 1 saturated carbocycles. The maximum atomic E-state index is 12.2. The number of carbonyl (C=O) groups is 1. The van der Waals surface area contributed by atoms with E-state index in [9.17, 15) is 4.79 Å². The van der Waals surface area contributed by atoms with Gasteiger partial charge < -0.3 is 9.73 Å². The van der Waals surface area contributed by atoms with E-state index in [0.29, 0.717) is 11.3 Å². The molecule has 0 aromatic carbocycles. The summed E-state index contributed by atoms with van der Waals surface area (Å²) in [5.74, 6) is 0.667. The van der Waals surface area contributed by atoms with E-state index in [1.54, 1.807) is 12.3 Å². The first kappa shape index (κ1) is 12.7. The first-order valence-electron chi connectivity index (χ1n) is 6.09. The average Bonchev–Trinajstić information content (AvgIpc) is 2.77. The van der Waals surface area contributed by atoms with Gasteiger partial charge in [0.15, 0.2) is 0 Å². The number of hydrogen-bond donors (Lipinski definition) is 1. The first-order valence-corrected chi connectivity index (χ1v) is 7.22. The third-order valence-electron chi connectivity index (χ3n) is 3.55. The topological polar surface area (TPSA) is 42.2 Å². The normalized spacial score (nSPS) is 18.9. The van der Waals surface area contributed by atoms with Gasteiger partial charge in [0.25, 0.3) is 5.91 Å². The molecule has 2 rings (SSSR count). The number of furan rings is 1. The molecule has 0 unspecified atom stereocenters. The molecule has 94 valence electrons. The van der Waals surface area contributed by atoms with Crippen LogP contribution in [0.5, 0.6) is 0 Å². The van der Waals surface area contributed by atoms with Crippen LogP contribution in [0.1, 0.15) is 48.2 Å². The molecule has 0 spiro atoms. The van der Waals surface area contributed by atoms with Gasteiger partial charge in [-0.05, 0) is 25.8 Å². The summed E-state index contributed by atoms with van der Waals surface area (Å²) < 4.78 is 5.17. The molecule has 0 radical (unpaired) electrons. The van der Waals surface area contributed by atoms with Crippen molar-refractivity contribution in [1.82, 2.24) is 5.32 Å². The highest BCUT2D eigenvalue weighted by atomic mass is 79.9. The van der Waals surface area contributed by atoms with Crippen LogP contribution in [0.3, 0.4) is 0 Å². The molecule has 1 N–H and O–H groups in total. The number of nitrogens with one attached hydrogen (secondary N) is 1. The smallest absolute Gasteiger partial charge is 0.255 e. The summed E-state index contributed by atoms with van der Waals surface area (Å²) in [4.78, 5) is 12.2. The molecule has 0 aliphatic heterocycles. The molecular formula is C13H18BrNO2. The summed E-state index contributed by atoms with van der Waals surface area (Å²) in [5, 5.41) is 4.00. The van der Waals surface area contributed by atoms with E-state index < -0.39 is 0 Å². The Bertz CT molecular complexity index is 394. The van der Waals surface area contributed by atoms with Crippen molar-refractivity contribution in [3.63, 3.8) is 0 Å². The fourth-order valence-corrected chi connectivity index (χ4v) is 3.15. The summed E-state index contributed by atoms with van der Waals surface area (Å²) >= 11 is 3.54. The lowest BCUT2D eigenvalue weighted by Gasteiger charge is -2.36. The Morgan fingerprint density at radius 3 is 2.71 bits per heavy atom. The molecule has 1 fully saturated rings. The maximum Gasteiger partial charge on any atom is 0.255 e. The fraction of sp³-hybridized carbons (Fsp3) is 0.615. The molecule has 4 heteroatoms. The van der Waals surface area contributed by atoms with Gasteiger partial charge >= 0.3 is 0 Å². The Morgan fingerprint density at radius 1 is 1.47 bits per heavy atom. The maximum absolute atomic E-state index is 12.2. The molecule has 17 heavy (non-hydrogen) atoms. The van der Waals surface area contributed by atoms with E-state index in [1.807, 2.05) is 6.92 Å². The van der Waals surface area contributed by atoms with Crippen molar-refractivity contribution in [3.8, 4) is 0 Å². The minimum atomic E-state index is -0.0704. The molecule has 1 heterocycles. The van der Waals surface area contributed by atoms with Crippen LogP contribution in [0.4, 0.5) is 0 Å². The molecule has 1 aromatic rings. The van der Waals surface area contributed by atoms with Crippen molar-refractivity contribution >= 4 is 21.8 Å². The van der Waals surface area contributed by atoms with Gasteiger partial charge in [0.1, 0.15) is 5.76 Å². The lowest BCUT2D eigenvalue weighted by atomic mass is 9.83. The molecule has 1 aliphatic carbocycles. The van der Waals surface area contributed by atoms with Gasteiger partial charge in [0.2, 0.25) is 0 Å². The Morgan fingerprint density at radius 2 is 2.18 bits per heavy atom. The molecule has 3 nitrogen and oxygen atoms in total. The Kier molecular flexibility index (Phi) is 3.92. The van der Waals surface area contributed by atoms with E-state index in [0.717, 1.165) is 18.2 Å². The number of carbonyl (C=O) groups excluding carboxylic acids is 1. The summed E-state index contributed by atoms with van der Waals surface area (Å²) in [6.45, 7) is 1.82. The Labute approximate surface area is 110 Å². The zero-order valence-corrected chi connectivity index (χ0v) is 11.7. The summed E-state index contributed by atoms with van der Waals surface area (Å²) in [6.07, 6.45) is 7.33. The van der Waals surface area contributed by atoms with Crippen molar-refractivity contribution in [2.45, 2.75) is 44.6 Å². The molecule has 0 atom stereocenters. The number of amides is 1. The summed E-state index contributed by atoms with van der Waals surface area (Å²) in [7, 11) is 0. The summed E-state index contributed by atoms with van der Waals surface area (Å²) in [5.41, 5.74) is 0.579. The SMILES string of the molecule is Cc1occc1C(=O)NC1(CBr)CCCCC1. The zero-order valence-electron chi connectivity index (χ0n) is 10.1. The van der Waals surface area contributed by atoms with Crippen molar-refractivity contribution in [1.29, 1.82) is 0 Å². The lowest BCUT2D eigenvalue weighted by Crippen LogP contribution is -2.51. The molecular weight excluding hydrogens is 282 g/mol. The van der Waals surface area contributed by atoms with Gasteiger partial charge in [-0.1, -0.05) is 35.2 Å². The minimum absolute atomic E-state index is 0.0161. The summed E-state index contributed by atoms with van der Waals surface area (Å²) in [6, 6.07) is 1.73. The highest BCUT2D eigenvalue weighted by molar-refractivity contribution is 9.09. The minimum Gasteiger partial charge on any atom is -0.469 e. The van der Waals surface area contributed by atoms with Crippen molar-refractivity contribution in [3.05, 3.63) is 23.7 Å². The van der Waals surface area contributed by atoms with E-state index in [1.165, 1.54) is 19.3 Å². The highest BCUT2D eigenvalue weighted by Crippen LogP contribution is 2.30. The van der Waals surface area contributed by atoms with Gasteiger partial charge in [-0.2, -0.15) is 0 Å². The van der Waals surface area contributed by atoms with Gasteiger partial charge in [-0.3, -0.25) is 4.79 Å². The second-order valence-electron chi connectivity index (χ2n) is 4.82. The molecule has 0 saturated heterocycles. The number of halogens is 1. The lowest BCUT2D eigenvalue weighted by molar-refractivity contribution is 0.0885. The van der Waals surface area contributed by atoms with Crippen molar-refractivity contribution in [2.24, 2.45) is 0 Å². The van der Waals surface area contributed by atoms with Crippen molar-refractivity contribution < 1.29 is 9.21 Å². The van der Waals surface area contributed by atoms with E-state index in [2.05, 4.69) is 21.2 Å². The monoisotopic (exact) mass is 299 g/mol. The van der Waals surface area contributed by atoms with Crippen LogP contribution in [-0.4, -0.2) is 16.8 Å². The quantitative estimate of drug-likeness (QED) is 0.869. The Hall–Kier alpha value is -0.770. The number of alkyl halides is 1. The van der Waals surface area contributed by atoms with Crippen LogP contribution >= 0.6 is 15.9 Å². The van der Waals surface area contributed by atoms with Crippen LogP contribution in [0.2, 0.25) is 0 Å².